The Bertz CT molecular complexity index is 595. The molecule has 0 heterocycles. The molecule has 0 radical (unpaired) electrons. The van der Waals surface area contributed by atoms with E-state index < -0.39 is 12.0 Å². The molecule has 0 fully saturated rings. The predicted octanol–water partition coefficient (Wildman–Crippen LogP) is 2.69. The molecular weight excluding hydrogens is 457 g/mol. The van der Waals surface area contributed by atoms with Crippen LogP contribution in [-0.4, -0.2) is 51.1 Å². The number of ether oxygens (including phenoxy) is 1. The first-order chi connectivity index (χ1) is 11.7. The fourth-order valence-corrected chi connectivity index (χ4v) is 2.23. The normalized spacial score (nSPS) is 11.6. The van der Waals surface area contributed by atoms with Crippen molar-refractivity contribution in [3.8, 4) is 5.75 Å². The van der Waals surface area contributed by atoms with Gasteiger partial charge in [-0.25, -0.2) is 0 Å². The lowest BCUT2D eigenvalue weighted by atomic mass is 9.92. The number of hydrogen-bond acceptors (Lipinski definition) is 3. The molecule has 1 aromatic rings. The molecule has 0 aliphatic carbocycles. The van der Waals surface area contributed by atoms with E-state index in [1.807, 2.05) is 25.8 Å². The molecule has 26 heavy (non-hydrogen) atoms. The van der Waals surface area contributed by atoms with Crippen LogP contribution in [0.5, 0.6) is 5.75 Å². The number of carbonyl (C=O) groups excluding carboxylic acids is 1. The summed E-state index contributed by atoms with van der Waals surface area (Å²) >= 11 is 0. The zero-order chi connectivity index (χ0) is 19.0. The Morgan fingerprint density at radius 2 is 1.88 bits per heavy atom. The van der Waals surface area contributed by atoms with Crippen molar-refractivity contribution in [2.45, 2.75) is 27.0 Å². The maximum Gasteiger partial charge on any atom is 0.387 e. The lowest BCUT2D eigenvalue weighted by Gasteiger charge is -2.27. The van der Waals surface area contributed by atoms with Crippen LogP contribution in [0.3, 0.4) is 0 Å². The van der Waals surface area contributed by atoms with E-state index in [4.69, 9.17) is 0 Å². The van der Waals surface area contributed by atoms with Gasteiger partial charge in [0, 0.05) is 34.2 Å². The molecule has 148 valence electrons. The van der Waals surface area contributed by atoms with E-state index >= 15 is 0 Å². The van der Waals surface area contributed by atoms with Gasteiger partial charge < -0.3 is 20.3 Å². The Balaban J connectivity index is 0.00000625. The van der Waals surface area contributed by atoms with Crippen LogP contribution < -0.4 is 15.4 Å². The molecule has 0 bridgehead atoms. The number of halogens is 3. The Kier molecular flexibility index (Phi) is 10.4. The highest BCUT2D eigenvalue weighted by Gasteiger charge is 2.27. The van der Waals surface area contributed by atoms with Gasteiger partial charge in [0.2, 0.25) is 5.91 Å². The fraction of sp³-hybridized carbons (Fsp3) is 0.529. The largest absolute Gasteiger partial charge is 0.435 e. The predicted molar refractivity (Wildman–Crippen MR) is 109 cm³/mol. The number of amides is 1. The van der Waals surface area contributed by atoms with Crippen LogP contribution in [0.25, 0.3) is 0 Å². The maximum absolute atomic E-state index is 12.2. The molecule has 1 rings (SSSR count). The van der Waals surface area contributed by atoms with Crippen molar-refractivity contribution in [1.29, 1.82) is 0 Å². The molecule has 6 nitrogen and oxygen atoms in total. The summed E-state index contributed by atoms with van der Waals surface area (Å²) in [6.07, 6.45) is 0. The number of rotatable bonds is 7. The number of benzene rings is 1. The number of alkyl halides is 2. The first kappa shape index (κ1) is 24.4. The molecule has 0 aliphatic heterocycles. The van der Waals surface area contributed by atoms with Gasteiger partial charge in [-0.3, -0.25) is 9.79 Å². The highest BCUT2D eigenvalue weighted by Crippen LogP contribution is 2.16. The summed E-state index contributed by atoms with van der Waals surface area (Å²) in [5, 5.41) is 5.81. The maximum atomic E-state index is 12.2. The van der Waals surface area contributed by atoms with Crippen molar-refractivity contribution < 1.29 is 18.3 Å². The van der Waals surface area contributed by atoms with Gasteiger partial charge in [-0.05, 0) is 31.5 Å². The van der Waals surface area contributed by atoms with Gasteiger partial charge in [0.05, 0.1) is 5.41 Å². The highest BCUT2D eigenvalue weighted by atomic mass is 127. The van der Waals surface area contributed by atoms with Crippen molar-refractivity contribution in [2.24, 2.45) is 10.4 Å². The Hall–Kier alpha value is -1.65. The van der Waals surface area contributed by atoms with E-state index in [1.165, 1.54) is 12.1 Å². The lowest BCUT2D eigenvalue weighted by molar-refractivity contribution is -0.128. The third-order valence-electron chi connectivity index (χ3n) is 3.67. The fourth-order valence-electron chi connectivity index (χ4n) is 2.23. The summed E-state index contributed by atoms with van der Waals surface area (Å²) in [5.74, 6) is 0.689. The van der Waals surface area contributed by atoms with E-state index in [-0.39, 0.29) is 35.6 Å². The summed E-state index contributed by atoms with van der Waals surface area (Å²) in [4.78, 5) is 17.9. The van der Waals surface area contributed by atoms with Gasteiger partial charge in [0.25, 0.3) is 0 Å². The molecule has 0 saturated heterocycles. The minimum Gasteiger partial charge on any atom is -0.435 e. The SMILES string of the molecule is CN=C(NCC(C)(C)C(=O)NC)N(C)Cc1ccc(OC(F)F)cc1.I. The van der Waals surface area contributed by atoms with E-state index in [0.717, 1.165) is 5.56 Å². The smallest absolute Gasteiger partial charge is 0.387 e. The van der Waals surface area contributed by atoms with E-state index in [2.05, 4.69) is 20.4 Å². The van der Waals surface area contributed by atoms with Gasteiger partial charge >= 0.3 is 6.61 Å². The number of nitrogens with one attached hydrogen (secondary N) is 2. The second-order valence-electron chi connectivity index (χ2n) is 6.24. The van der Waals surface area contributed by atoms with Crippen LogP contribution in [0.4, 0.5) is 8.78 Å². The minimum absolute atomic E-state index is 0. The summed E-state index contributed by atoms with van der Waals surface area (Å²) in [6, 6.07) is 6.44. The molecule has 1 amide bonds. The first-order valence-electron chi connectivity index (χ1n) is 7.87. The van der Waals surface area contributed by atoms with E-state index in [0.29, 0.717) is 19.0 Å². The van der Waals surface area contributed by atoms with Crippen molar-refractivity contribution in [3.05, 3.63) is 29.8 Å². The van der Waals surface area contributed by atoms with Gasteiger partial charge in [0.1, 0.15) is 5.75 Å². The number of nitrogens with zero attached hydrogens (tertiary/aromatic N) is 2. The molecule has 0 saturated carbocycles. The molecule has 0 aromatic heterocycles. The zero-order valence-corrected chi connectivity index (χ0v) is 18.0. The van der Waals surface area contributed by atoms with E-state index in [1.54, 1.807) is 26.2 Å². The topological polar surface area (TPSA) is 66.0 Å². The summed E-state index contributed by atoms with van der Waals surface area (Å²) in [6.45, 7) is 1.79. The average Bonchev–Trinajstić information content (AvgIpc) is 2.55. The molecule has 2 N–H and O–H groups in total. The van der Waals surface area contributed by atoms with Crippen LogP contribution in [0.2, 0.25) is 0 Å². The lowest BCUT2D eigenvalue weighted by Crippen LogP contribution is -2.47. The number of guanidine groups is 1. The summed E-state index contributed by atoms with van der Waals surface area (Å²) in [7, 11) is 5.11. The van der Waals surface area contributed by atoms with Crippen LogP contribution in [-0.2, 0) is 11.3 Å². The van der Waals surface area contributed by atoms with Crippen LogP contribution in [0, 0.1) is 5.41 Å². The molecule has 0 aliphatic rings. The first-order valence-corrected chi connectivity index (χ1v) is 7.87. The second kappa shape index (κ2) is 11.1. The van der Waals surface area contributed by atoms with Crippen LogP contribution in [0.15, 0.2) is 29.3 Å². The molecular formula is C17H27F2IN4O2. The molecule has 0 spiro atoms. The third-order valence-corrected chi connectivity index (χ3v) is 3.67. The summed E-state index contributed by atoms with van der Waals surface area (Å²) in [5.41, 5.74) is 0.331. The standard InChI is InChI=1S/C17H26F2N4O2.HI/c1-17(2,14(24)20-3)11-22-16(21-4)23(5)10-12-6-8-13(9-7-12)25-15(18)19;/h6-9,15H,10-11H2,1-5H3,(H,20,24)(H,21,22);1H. The zero-order valence-electron chi connectivity index (χ0n) is 15.7. The Morgan fingerprint density at radius 1 is 1.31 bits per heavy atom. The van der Waals surface area contributed by atoms with Crippen molar-refractivity contribution in [2.75, 3.05) is 27.7 Å². The second-order valence-corrected chi connectivity index (χ2v) is 6.24. The number of hydrogen-bond donors (Lipinski definition) is 2. The Labute approximate surface area is 170 Å². The molecule has 0 atom stereocenters. The third kappa shape index (κ3) is 7.71. The van der Waals surface area contributed by atoms with Crippen molar-refractivity contribution in [3.63, 3.8) is 0 Å². The van der Waals surface area contributed by atoms with Gasteiger partial charge in [-0.2, -0.15) is 8.78 Å². The molecule has 1 aromatic carbocycles. The number of aliphatic imine (C=N–C) groups is 1. The quantitative estimate of drug-likeness (QED) is 0.355. The van der Waals surface area contributed by atoms with Crippen LogP contribution in [0.1, 0.15) is 19.4 Å². The van der Waals surface area contributed by atoms with Crippen molar-refractivity contribution in [1.82, 2.24) is 15.5 Å². The average molecular weight is 484 g/mol. The van der Waals surface area contributed by atoms with Gasteiger partial charge in [-0.15, -0.1) is 24.0 Å². The van der Waals surface area contributed by atoms with E-state index in [9.17, 15) is 13.6 Å². The molecule has 9 heteroatoms. The minimum atomic E-state index is -2.83. The number of carbonyl (C=O) groups is 1. The Morgan fingerprint density at radius 3 is 2.35 bits per heavy atom. The monoisotopic (exact) mass is 484 g/mol. The highest BCUT2D eigenvalue weighted by molar-refractivity contribution is 14.0. The van der Waals surface area contributed by atoms with Gasteiger partial charge in [-0.1, -0.05) is 12.1 Å². The van der Waals surface area contributed by atoms with Gasteiger partial charge in [0.15, 0.2) is 5.96 Å². The summed E-state index contributed by atoms with van der Waals surface area (Å²) < 4.78 is 28.7. The van der Waals surface area contributed by atoms with Crippen molar-refractivity contribution >= 4 is 35.8 Å². The van der Waals surface area contributed by atoms with Crippen LogP contribution >= 0.6 is 24.0 Å². The molecule has 0 unspecified atom stereocenters.